The number of carbonyl (C=O) groups is 1. The average Bonchev–Trinajstić information content (AvgIpc) is 3.56. The number of benzene rings is 2. The van der Waals surface area contributed by atoms with Crippen LogP contribution in [0.25, 0.3) is 0 Å². The summed E-state index contributed by atoms with van der Waals surface area (Å²) in [4.78, 5) is 15.0. The number of anilines is 2. The van der Waals surface area contributed by atoms with Crippen LogP contribution in [0.2, 0.25) is 0 Å². The van der Waals surface area contributed by atoms with E-state index in [1.807, 2.05) is 6.07 Å². The molecule has 1 N–H and O–H groups in total. The smallest absolute Gasteiger partial charge is 0.224 e. The van der Waals surface area contributed by atoms with Gasteiger partial charge in [-0.05, 0) is 103 Å². The van der Waals surface area contributed by atoms with Gasteiger partial charge in [0.15, 0.2) is 0 Å². The Kier molecular flexibility index (Phi) is 3.66. The van der Waals surface area contributed by atoms with Crippen LogP contribution in [0.4, 0.5) is 15.8 Å². The van der Waals surface area contributed by atoms with Crippen molar-refractivity contribution in [2.75, 3.05) is 16.8 Å². The molecule has 29 heavy (non-hydrogen) atoms. The molecular formula is C25H27FN2O. The first kappa shape index (κ1) is 17.5. The fraction of sp³-hybridized carbons (Fsp3) is 0.480. The topological polar surface area (TPSA) is 32.3 Å². The second-order valence-electron chi connectivity index (χ2n) is 9.78. The quantitative estimate of drug-likeness (QED) is 0.750. The number of aryl methyl sites for hydroxylation is 1. The molecule has 0 atom stereocenters. The van der Waals surface area contributed by atoms with Crippen LogP contribution in [-0.2, 0) is 17.8 Å². The predicted molar refractivity (Wildman–Crippen MR) is 113 cm³/mol. The summed E-state index contributed by atoms with van der Waals surface area (Å²) in [5, 5.41) is 3.28. The second-order valence-corrected chi connectivity index (χ2v) is 9.78. The molecule has 1 heterocycles. The molecular weight excluding hydrogens is 363 g/mol. The van der Waals surface area contributed by atoms with Gasteiger partial charge in [0.25, 0.3) is 0 Å². The largest absolute Gasteiger partial charge is 0.367 e. The number of nitrogens with one attached hydrogen (secondary N) is 1. The van der Waals surface area contributed by atoms with Crippen LogP contribution >= 0.6 is 0 Å². The van der Waals surface area contributed by atoms with Crippen LogP contribution in [0.1, 0.15) is 60.3 Å². The summed E-state index contributed by atoms with van der Waals surface area (Å²) in [6.07, 6.45) is 6.50. The highest BCUT2D eigenvalue weighted by molar-refractivity contribution is 5.94. The van der Waals surface area contributed by atoms with E-state index < -0.39 is 0 Å². The third kappa shape index (κ3) is 3.13. The third-order valence-corrected chi connectivity index (χ3v) is 7.54. The molecule has 3 fully saturated rings. The van der Waals surface area contributed by atoms with Crippen molar-refractivity contribution in [3.63, 3.8) is 0 Å². The molecule has 0 aromatic heterocycles. The lowest BCUT2D eigenvalue weighted by Gasteiger charge is -2.32. The minimum absolute atomic E-state index is 0.146. The van der Waals surface area contributed by atoms with Crippen molar-refractivity contribution in [2.45, 2.75) is 57.9 Å². The molecule has 1 aliphatic heterocycles. The van der Waals surface area contributed by atoms with E-state index >= 15 is 0 Å². The van der Waals surface area contributed by atoms with Crippen LogP contribution in [0.5, 0.6) is 0 Å². The van der Waals surface area contributed by atoms with Gasteiger partial charge in [-0.1, -0.05) is 6.07 Å². The minimum Gasteiger partial charge on any atom is -0.367 e. The van der Waals surface area contributed by atoms with Gasteiger partial charge in [0, 0.05) is 30.9 Å². The average molecular weight is 391 g/mol. The first-order valence-electron chi connectivity index (χ1n) is 11.0. The molecule has 150 valence electrons. The molecule has 0 bridgehead atoms. The van der Waals surface area contributed by atoms with Gasteiger partial charge in [0.2, 0.25) is 5.91 Å². The van der Waals surface area contributed by atoms with Crippen molar-refractivity contribution >= 4 is 17.3 Å². The van der Waals surface area contributed by atoms with Gasteiger partial charge in [0.05, 0.1) is 0 Å². The van der Waals surface area contributed by atoms with Crippen molar-refractivity contribution < 1.29 is 9.18 Å². The van der Waals surface area contributed by atoms with E-state index in [4.69, 9.17) is 0 Å². The van der Waals surface area contributed by atoms with Gasteiger partial charge in [-0.15, -0.1) is 0 Å². The molecule has 0 spiro atoms. The van der Waals surface area contributed by atoms with E-state index in [-0.39, 0.29) is 11.7 Å². The minimum atomic E-state index is -0.146. The lowest BCUT2D eigenvalue weighted by Crippen LogP contribution is -2.30. The lowest BCUT2D eigenvalue weighted by atomic mass is 9.97. The molecule has 0 unspecified atom stereocenters. The Morgan fingerprint density at radius 3 is 2.72 bits per heavy atom. The van der Waals surface area contributed by atoms with Crippen LogP contribution in [0.3, 0.4) is 0 Å². The molecule has 0 radical (unpaired) electrons. The van der Waals surface area contributed by atoms with E-state index in [9.17, 15) is 9.18 Å². The zero-order valence-corrected chi connectivity index (χ0v) is 16.9. The van der Waals surface area contributed by atoms with Crippen LogP contribution in [0, 0.1) is 24.1 Å². The van der Waals surface area contributed by atoms with Crippen LogP contribution in [0.15, 0.2) is 30.3 Å². The van der Waals surface area contributed by atoms with Crippen molar-refractivity contribution in [3.8, 4) is 0 Å². The van der Waals surface area contributed by atoms with Crippen molar-refractivity contribution in [1.29, 1.82) is 0 Å². The highest BCUT2D eigenvalue weighted by Crippen LogP contribution is 2.77. The van der Waals surface area contributed by atoms with Crippen molar-refractivity contribution in [1.82, 2.24) is 0 Å². The van der Waals surface area contributed by atoms with E-state index in [0.29, 0.717) is 17.8 Å². The second kappa shape index (κ2) is 6.07. The van der Waals surface area contributed by atoms with Gasteiger partial charge in [-0.2, -0.15) is 0 Å². The number of amides is 1. The summed E-state index contributed by atoms with van der Waals surface area (Å²) < 4.78 is 13.5. The maximum atomic E-state index is 13.5. The van der Waals surface area contributed by atoms with Gasteiger partial charge in [-0.25, -0.2) is 4.39 Å². The molecule has 0 saturated heterocycles. The number of carbonyl (C=O) groups excluding carboxylic acids is 1. The Morgan fingerprint density at radius 1 is 1.21 bits per heavy atom. The van der Waals surface area contributed by atoms with E-state index in [1.54, 1.807) is 12.1 Å². The normalized spacial score (nSPS) is 26.6. The van der Waals surface area contributed by atoms with Gasteiger partial charge in [0.1, 0.15) is 5.82 Å². The van der Waals surface area contributed by atoms with Crippen molar-refractivity contribution in [2.24, 2.45) is 11.3 Å². The fourth-order valence-corrected chi connectivity index (χ4v) is 5.20. The Bertz CT molecular complexity index is 1020. The predicted octanol–water partition coefficient (Wildman–Crippen LogP) is 5.31. The zero-order chi connectivity index (χ0) is 19.8. The molecule has 6 rings (SSSR count). The Morgan fingerprint density at radius 2 is 2.00 bits per heavy atom. The van der Waals surface area contributed by atoms with Crippen molar-refractivity contribution in [3.05, 3.63) is 58.4 Å². The summed E-state index contributed by atoms with van der Waals surface area (Å²) in [5.74, 6) is 1.46. The standard InChI is InChI=1S/C25H27FN2O/c1-15-8-21(28-7-6-17-9-20(26)5-4-18(17)14-28)10-22(16-2-3-16)24(15)27-23(29)13-25-11-19(25)12-25/h4-5,8-10,16,19H,2-3,6-7,11-14H2,1H3,(H,27,29). The summed E-state index contributed by atoms with van der Waals surface area (Å²) in [5.41, 5.74) is 7.46. The molecule has 2 aromatic rings. The lowest BCUT2D eigenvalue weighted by molar-refractivity contribution is -0.116. The number of hydrogen-bond acceptors (Lipinski definition) is 2. The zero-order valence-electron chi connectivity index (χ0n) is 16.9. The summed E-state index contributed by atoms with van der Waals surface area (Å²) in [6.45, 7) is 3.83. The summed E-state index contributed by atoms with van der Waals surface area (Å²) in [6, 6.07) is 9.67. The number of fused-ring (bicyclic) bond motifs is 2. The maximum Gasteiger partial charge on any atom is 0.224 e. The number of halogens is 1. The Balaban J connectivity index is 1.26. The molecule has 3 nitrogen and oxygen atoms in total. The summed E-state index contributed by atoms with van der Waals surface area (Å²) in [7, 11) is 0. The van der Waals surface area contributed by atoms with Gasteiger partial charge < -0.3 is 10.2 Å². The maximum absolute atomic E-state index is 13.5. The number of nitrogens with zero attached hydrogens (tertiary/aromatic N) is 1. The highest BCUT2D eigenvalue weighted by atomic mass is 19.1. The summed E-state index contributed by atoms with van der Waals surface area (Å²) >= 11 is 0. The first-order chi connectivity index (χ1) is 14.0. The van der Waals surface area contributed by atoms with Crippen LogP contribution in [-0.4, -0.2) is 12.5 Å². The van der Waals surface area contributed by atoms with Crippen LogP contribution < -0.4 is 10.2 Å². The highest BCUT2D eigenvalue weighted by Gasteiger charge is 2.69. The molecule has 4 aliphatic rings. The first-order valence-corrected chi connectivity index (χ1v) is 11.0. The van der Waals surface area contributed by atoms with E-state index in [1.165, 1.54) is 42.5 Å². The molecule has 4 heteroatoms. The van der Waals surface area contributed by atoms with Gasteiger partial charge >= 0.3 is 0 Å². The van der Waals surface area contributed by atoms with E-state index in [0.717, 1.165) is 42.2 Å². The Labute approximate surface area is 171 Å². The van der Waals surface area contributed by atoms with Gasteiger partial charge in [-0.3, -0.25) is 4.79 Å². The monoisotopic (exact) mass is 390 g/mol. The third-order valence-electron chi connectivity index (χ3n) is 7.54. The molecule has 3 aliphatic carbocycles. The SMILES string of the molecule is Cc1cc(N2CCc3cc(F)ccc3C2)cc(C2CC2)c1NC(=O)CC12CC1C2. The molecule has 1 amide bonds. The number of hydrogen-bond donors (Lipinski definition) is 1. The fourth-order valence-electron chi connectivity index (χ4n) is 5.20. The number of rotatable bonds is 5. The van der Waals surface area contributed by atoms with E-state index in [2.05, 4.69) is 29.3 Å². The molecule has 2 aromatic carbocycles. The molecule has 3 saturated carbocycles. The Hall–Kier alpha value is -2.36.